The van der Waals surface area contributed by atoms with Crippen molar-refractivity contribution in [1.29, 1.82) is 0 Å². The minimum absolute atomic E-state index is 0.262. The third-order valence-electron chi connectivity index (χ3n) is 2.80. The molecule has 0 spiro atoms. The van der Waals surface area contributed by atoms with Crippen molar-refractivity contribution in [3.05, 3.63) is 40.2 Å². The molecule has 0 fully saturated rings. The first-order chi connectivity index (χ1) is 8.97. The number of halogens is 2. The first-order valence-electron chi connectivity index (χ1n) is 6.18. The van der Waals surface area contributed by atoms with Crippen LogP contribution in [0.4, 0.5) is 4.39 Å². The lowest BCUT2D eigenvalue weighted by Gasteiger charge is -2.08. The minimum atomic E-state index is -0.262. The number of hydrogen-bond acceptors (Lipinski definition) is 2. The lowest BCUT2D eigenvalue weighted by atomic mass is 10.1. The molecule has 2 rings (SSSR count). The van der Waals surface area contributed by atoms with Gasteiger partial charge in [-0.3, -0.25) is 4.68 Å². The Balaban J connectivity index is 2.35. The molecule has 0 radical (unpaired) electrons. The third-order valence-corrected chi connectivity index (χ3v) is 3.41. The maximum Gasteiger partial charge on any atom is 0.137 e. The average Bonchev–Trinajstić information content (AvgIpc) is 2.71. The SMILES string of the molecule is CC(C)NCc1cn(C)nc1-c1ccc(F)c(Br)c1. The molecule has 0 aliphatic rings. The predicted octanol–water partition coefficient (Wildman–Crippen LogP) is 3.49. The van der Waals surface area contributed by atoms with Gasteiger partial charge in [-0.1, -0.05) is 13.8 Å². The number of benzene rings is 1. The highest BCUT2D eigenvalue weighted by molar-refractivity contribution is 9.10. The number of rotatable bonds is 4. The Morgan fingerprint density at radius 3 is 2.79 bits per heavy atom. The lowest BCUT2D eigenvalue weighted by Crippen LogP contribution is -2.21. The van der Waals surface area contributed by atoms with Crippen LogP contribution >= 0.6 is 15.9 Å². The molecule has 2 aromatic rings. The maximum atomic E-state index is 13.3. The van der Waals surface area contributed by atoms with Crippen LogP contribution in [0.3, 0.4) is 0 Å². The zero-order valence-electron chi connectivity index (χ0n) is 11.2. The van der Waals surface area contributed by atoms with E-state index in [0.29, 0.717) is 10.5 Å². The summed E-state index contributed by atoms with van der Waals surface area (Å²) in [6.07, 6.45) is 1.99. The number of nitrogens with zero attached hydrogens (tertiary/aromatic N) is 2. The molecule has 0 aliphatic heterocycles. The Bertz CT molecular complexity index is 578. The van der Waals surface area contributed by atoms with E-state index in [4.69, 9.17) is 0 Å². The Kier molecular flexibility index (Phi) is 4.37. The Morgan fingerprint density at radius 1 is 1.42 bits per heavy atom. The van der Waals surface area contributed by atoms with E-state index in [2.05, 4.69) is 40.2 Å². The smallest absolute Gasteiger partial charge is 0.137 e. The van der Waals surface area contributed by atoms with E-state index in [9.17, 15) is 4.39 Å². The molecule has 0 aliphatic carbocycles. The molecule has 0 bridgehead atoms. The molecule has 0 saturated carbocycles. The Morgan fingerprint density at radius 2 is 2.16 bits per heavy atom. The topological polar surface area (TPSA) is 29.9 Å². The van der Waals surface area contributed by atoms with Gasteiger partial charge in [0.15, 0.2) is 0 Å². The van der Waals surface area contributed by atoms with Crippen molar-refractivity contribution >= 4 is 15.9 Å². The Hall–Kier alpha value is -1.20. The predicted molar refractivity (Wildman–Crippen MR) is 78.3 cm³/mol. The summed E-state index contributed by atoms with van der Waals surface area (Å²) >= 11 is 3.21. The standard InChI is InChI=1S/C14H17BrFN3/c1-9(2)17-7-11-8-19(3)18-14(11)10-4-5-13(16)12(15)6-10/h4-6,8-9,17H,7H2,1-3H3. The van der Waals surface area contributed by atoms with Gasteiger partial charge in [-0.25, -0.2) is 4.39 Å². The molecule has 0 saturated heterocycles. The van der Waals surface area contributed by atoms with Gasteiger partial charge in [0.2, 0.25) is 0 Å². The van der Waals surface area contributed by atoms with Gasteiger partial charge in [0.1, 0.15) is 5.82 Å². The fourth-order valence-electron chi connectivity index (χ4n) is 1.87. The van der Waals surface area contributed by atoms with E-state index >= 15 is 0 Å². The van der Waals surface area contributed by atoms with Gasteiger partial charge >= 0.3 is 0 Å². The van der Waals surface area contributed by atoms with Gasteiger partial charge in [-0.2, -0.15) is 5.10 Å². The Labute approximate surface area is 121 Å². The quantitative estimate of drug-likeness (QED) is 0.932. The summed E-state index contributed by atoms with van der Waals surface area (Å²) in [5.74, 6) is -0.262. The molecule has 1 N–H and O–H groups in total. The van der Waals surface area contributed by atoms with Crippen LogP contribution in [0.1, 0.15) is 19.4 Å². The molecule has 3 nitrogen and oxygen atoms in total. The monoisotopic (exact) mass is 325 g/mol. The molecule has 0 unspecified atom stereocenters. The fourth-order valence-corrected chi connectivity index (χ4v) is 2.25. The maximum absolute atomic E-state index is 13.3. The van der Waals surface area contributed by atoms with Crippen molar-refractivity contribution in [1.82, 2.24) is 15.1 Å². The first kappa shape index (κ1) is 14.2. The van der Waals surface area contributed by atoms with E-state index in [1.807, 2.05) is 13.2 Å². The summed E-state index contributed by atoms with van der Waals surface area (Å²) in [6.45, 7) is 4.95. The second-order valence-electron chi connectivity index (χ2n) is 4.84. The van der Waals surface area contributed by atoms with Gasteiger partial charge in [0.05, 0.1) is 10.2 Å². The molecule has 5 heteroatoms. The van der Waals surface area contributed by atoms with Crippen molar-refractivity contribution in [2.75, 3.05) is 0 Å². The lowest BCUT2D eigenvalue weighted by molar-refractivity contribution is 0.589. The van der Waals surface area contributed by atoms with Crippen LogP contribution in [0.5, 0.6) is 0 Å². The van der Waals surface area contributed by atoms with Crippen molar-refractivity contribution in [3.63, 3.8) is 0 Å². The molecule has 1 aromatic carbocycles. The van der Waals surface area contributed by atoms with Crippen LogP contribution in [-0.2, 0) is 13.6 Å². The minimum Gasteiger partial charge on any atom is -0.310 e. The normalized spacial score (nSPS) is 11.3. The van der Waals surface area contributed by atoms with E-state index < -0.39 is 0 Å². The van der Waals surface area contributed by atoms with Crippen LogP contribution in [0.25, 0.3) is 11.3 Å². The first-order valence-corrected chi connectivity index (χ1v) is 6.98. The highest BCUT2D eigenvalue weighted by atomic mass is 79.9. The number of hydrogen-bond donors (Lipinski definition) is 1. The van der Waals surface area contributed by atoms with Crippen LogP contribution in [-0.4, -0.2) is 15.8 Å². The highest BCUT2D eigenvalue weighted by Gasteiger charge is 2.12. The third kappa shape index (κ3) is 3.42. The van der Waals surface area contributed by atoms with E-state index in [0.717, 1.165) is 23.4 Å². The van der Waals surface area contributed by atoms with Gasteiger partial charge in [0, 0.05) is 37.0 Å². The van der Waals surface area contributed by atoms with E-state index in [-0.39, 0.29) is 5.82 Å². The number of aromatic nitrogens is 2. The molecule has 0 amide bonds. The summed E-state index contributed by atoms with van der Waals surface area (Å²) in [6, 6.07) is 5.37. The van der Waals surface area contributed by atoms with Crippen molar-refractivity contribution in [2.24, 2.45) is 7.05 Å². The molecule has 19 heavy (non-hydrogen) atoms. The van der Waals surface area contributed by atoms with Crippen LogP contribution in [0.15, 0.2) is 28.9 Å². The zero-order valence-corrected chi connectivity index (χ0v) is 12.8. The summed E-state index contributed by atoms with van der Waals surface area (Å²) in [7, 11) is 1.89. The summed E-state index contributed by atoms with van der Waals surface area (Å²) in [4.78, 5) is 0. The largest absolute Gasteiger partial charge is 0.310 e. The molecule has 1 aromatic heterocycles. The van der Waals surface area contributed by atoms with Crippen LogP contribution < -0.4 is 5.32 Å². The van der Waals surface area contributed by atoms with Crippen LogP contribution in [0, 0.1) is 5.82 Å². The van der Waals surface area contributed by atoms with Gasteiger partial charge in [-0.05, 0) is 34.1 Å². The summed E-state index contributed by atoms with van der Waals surface area (Å²) in [5.41, 5.74) is 2.90. The van der Waals surface area contributed by atoms with E-state index in [1.54, 1.807) is 16.8 Å². The fraction of sp³-hybridized carbons (Fsp3) is 0.357. The van der Waals surface area contributed by atoms with Gasteiger partial charge in [0.25, 0.3) is 0 Å². The van der Waals surface area contributed by atoms with Crippen molar-refractivity contribution < 1.29 is 4.39 Å². The highest BCUT2D eigenvalue weighted by Crippen LogP contribution is 2.26. The zero-order chi connectivity index (χ0) is 14.0. The molecule has 102 valence electrons. The second kappa shape index (κ2) is 5.84. The van der Waals surface area contributed by atoms with Gasteiger partial charge in [-0.15, -0.1) is 0 Å². The number of aryl methyl sites for hydroxylation is 1. The molecule has 0 atom stereocenters. The van der Waals surface area contributed by atoms with E-state index in [1.165, 1.54) is 6.07 Å². The number of nitrogens with one attached hydrogen (secondary N) is 1. The average molecular weight is 326 g/mol. The molecular formula is C14H17BrFN3. The summed E-state index contributed by atoms with van der Waals surface area (Å²) in [5, 5.41) is 7.84. The van der Waals surface area contributed by atoms with Gasteiger partial charge < -0.3 is 5.32 Å². The molecule has 1 heterocycles. The molecular weight excluding hydrogens is 309 g/mol. The summed E-state index contributed by atoms with van der Waals surface area (Å²) < 4.78 is 15.5. The van der Waals surface area contributed by atoms with Crippen LogP contribution in [0.2, 0.25) is 0 Å². The second-order valence-corrected chi connectivity index (χ2v) is 5.70. The van der Waals surface area contributed by atoms with Crippen molar-refractivity contribution in [3.8, 4) is 11.3 Å². The van der Waals surface area contributed by atoms with Crippen molar-refractivity contribution in [2.45, 2.75) is 26.4 Å².